The van der Waals surface area contributed by atoms with Crippen molar-refractivity contribution in [1.29, 1.82) is 0 Å². The molecule has 0 aliphatic rings. The molecule has 0 fully saturated rings. The first-order chi connectivity index (χ1) is 11.7. The van der Waals surface area contributed by atoms with Crippen LogP contribution in [0.2, 0.25) is 0 Å². The minimum absolute atomic E-state index is 0.125. The van der Waals surface area contributed by atoms with E-state index in [0.29, 0.717) is 11.3 Å². The molecule has 25 heavy (non-hydrogen) atoms. The number of benzene rings is 1. The third-order valence-electron chi connectivity index (χ3n) is 4.06. The summed E-state index contributed by atoms with van der Waals surface area (Å²) in [6, 6.07) is 11.2. The molecule has 2 aromatic rings. The van der Waals surface area contributed by atoms with Crippen molar-refractivity contribution < 1.29 is 13.2 Å². The third-order valence-corrected chi connectivity index (χ3v) is 6.71. The number of hydrogen-bond acceptors (Lipinski definition) is 4. The number of nitrogens with one attached hydrogen (secondary N) is 2. The van der Waals surface area contributed by atoms with Crippen molar-refractivity contribution in [2.75, 3.05) is 7.05 Å². The first kappa shape index (κ1) is 19.6. The highest BCUT2D eigenvalue weighted by Gasteiger charge is 2.27. The van der Waals surface area contributed by atoms with Crippen LogP contribution in [0.4, 0.5) is 0 Å². The molecule has 5 nitrogen and oxygen atoms in total. The Morgan fingerprint density at radius 1 is 1.24 bits per heavy atom. The molecule has 0 radical (unpaired) electrons. The van der Waals surface area contributed by atoms with E-state index in [1.54, 1.807) is 0 Å². The zero-order valence-electron chi connectivity index (χ0n) is 14.9. The van der Waals surface area contributed by atoms with Crippen LogP contribution in [0.5, 0.6) is 0 Å². The van der Waals surface area contributed by atoms with Crippen LogP contribution in [0.25, 0.3) is 0 Å². The molecule has 0 bridgehead atoms. The minimum Gasteiger partial charge on any atom is -0.354 e. The van der Waals surface area contributed by atoms with E-state index >= 15 is 0 Å². The maximum absolute atomic E-state index is 12.6. The van der Waals surface area contributed by atoms with Crippen LogP contribution in [0.15, 0.2) is 46.7 Å². The van der Waals surface area contributed by atoms with Crippen LogP contribution < -0.4 is 10.0 Å². The smallest absolute Gasteiger partial charge is 0.261 e. The second kappa shape index (κ2) is 7.68. The number of hydrogen-bond donors (Lipinski definition) is 2. The van der Waals surface area contributed by atoms with Crippen molar-refractivity contribution in [3.63, 3.8) is 0 Å². The van der Waals surface area contributed by atoms with E-state index in [1.165, 1.54) is 24.1 Å². The van der Waals surface area contributed by atoms with E-state index in [2.05, 4.69) is 36.0 Å². The van der Waals surface area contributed by atoms with Crippen LogP contribution in [0.3, 0.4) is 0 Å². The lowest BCUT2D eigenvalue weighted by Gasteiger charge is -2.29. The molecule has 1 heterocycles. The lowest BCUT2D eigenvalue weighted by Crippen LogP contribution is -2.37. The molecule has 0 aliphatic carbocycles. The predicted molar refractivity (Wildman–Crippen MR) is 102 cm³/mol. The summed E-state index contributed by atoms with van der Waals surface area (Å²) in [5.74, 6) is -0.287. The average molecular weight is 381 g/mol. The SMILES string of the molecule is CNC(=O)c1cc(S(=O)(=O)N[C@@H](C)CC(C)(C)c2ccccc2)cs1. The fourth-order valence-corrected chi connectivity index (χ4v) is 5.31. The molecule has 1 atom stereocenters. The largest absolute Gasteiger partial charge is 0.354 e. The first-order valence-corrected chi connectivity index (χ1v) is 10.4. The molecule has 2 N–H and O–H groups in total. The van der Waals surface area contributed by atoms with Crippen LogP contribution in [-0.4, -0.2) is 27.4 Å². The summed E-state index contributed by atoms with van der Waals surface area (Å²) in [6.07, 6.45) is 0.655. The Kier molecular flexibility index (Phi) is 6.03. The van der Waals surface area contributed by atoms with Gasteiger partial charge in [-0.05, 0) is 30.4 Å². The lowest BCUT2D eigenvalue weighted by atomic mass is 9.79. The van der Waals surface area contributed by atoms with Crippen molar-refractivity contribution in [2.24, 2.45) is 0 Å². The Morgan fingerprint density at radius 3 is 2.48 bits per heavy atom. The van der Waals surface area contributed by atoms with Crippen molar-refractivity contribution in [2.45, 2.75) is 43.5 Å². The van der Waals surface area contributed by atoms with Crippen LogP contribution in [0, 0.1) is 0 Å². The van der Waals surface area contributed by atoms with E-state index in [1.807, 2.05) is 25.1 Å². The summed E-state index contributed by atoms with van der Waals surface area (Å²) in [4.78, 5) is 12.1. The summed E-state index contributed by atoms with van der Waals surface area (Å²) < 4.78 is 27.8. The fourth-order valence-electron chi connectivity index (χ4n) is 2.85. The Labute approximate surface area is 153 Å². The van der Waals surface area contributed by atoms with Gasteiger partial charge in [0.15, 0.2) is 0 Å². The Morgan fingerprint density at radius 2 is 1.88 bits per heavy atom. The number of rotatable bonds is 7. The molecule has 0 saturated heterocycles. The van der Waals surface area contributed by atoms with Gasteiger partial charge < -0.3 is 5.32 Å². The van der Waals surface area contributed by atoms with E-state index in [4.69, 9.17) is 0 Å². The van der Waals surface area contributed by atoms with E-state index < -0.39 is 10.0 Å². The van der Waals surface area contributed by atoms with Crippen molar-refractivity contribution >= 4 is 27.3 Å². The Balaban J connectivity index is 2.09. The average Bonchev–Trinajstić information content (AvgIpc) is 3.05. The molecule has 1 aromatic carbocycles. The quantitative estimate of drug-likeness (QED) is 0.775. The molecule has 1 aromatic heterocycles. The van der Waals surface area contributed by atoms with Crippen LogP contribution in [-0.2, 0) is 15.4 Å². The molecule has 1 amide bonds. The highest BCUT2D eigenvalue weighted by atomic mass is 32.2. The zero-order chi connectivity index (χ0) is 18.7. The van der Waals surface area contributed by atoms with Gasteiger partial charge in [0, 0.05) is 18.5 Å². The van der Waals surface area contributed by atoms with E-state index in [0.717, 1.165) is 11.3 Å². The lowest BCUT2D eigenvalue weighted by molar-refractivity contribution is 0.0967. The van der Waals surface area contributed by atoms with Gasteiger partial charge in [0.05, 0.1) is 9.77 Å². The number of thiophene rings is 1. The normalized spacial score (nSPS) is 13.4. The van der Waals surface area contributed by atoms with Crippen molar-refractivity contribution in [3.8, 4) is 0 Å². The maximum atomic E-state index is 12.6. The number of carbonyl (C=O) groups excluding carboxylic acids is 1. The standard InChI is InChI=1S/C18H24N2O3S2/c1-13(11-18(2,3)14-8-6-5-7-9-14)20-25(22,23)15-10-16(24-12-15)17(21)19-4/h5-10,12-13,20H,11H2,1-4H3,(H,19,21)/t13-/m0/s1. The molecular weight excluding hydrogens is 356 g/mol. The highest BCUT2D eigenvalue weighted by molar-refractivity contribution is 7.89. The van der Waals surface area contributed by atoms with Crippen LogP contribution >= 0.6 is 11.3 Å². The maximum Gasteiger partial charge on any atom is 0.261 e. The summed E-state index contributed by atoms with van der Waals surface area (Å²) in [5, 5.41) is 3.98. The molecule has 0 unspecified atom stereocenters. The summed E-state index contributed by atoms with van der Waals surface area (Å²) in [6.45, 7) is 6.05. The van der Waals surface area contributed by atoms with Gasteiger partial charge >= 0.3 is 0 Å². The Bertz CT molecular complexity index is 827. The summed E-state index contributed by atoms with van der Waals surface area (Å²) >= 11 is 1.11. The monoisotopic (exact) mass is 380 g/mol. The Hall–Kier alpha value is -1.70. The zero-order valence-corrected chi connectivity index (χ0v) is 16.5. The van der Waals surface area contributed by atoms with Gasteiger partial charge in [-0.15, -0.1) is 11.3 Å². The van der Waals surface area contributed by atoms with Crippen molar-refractivity contribution in [1.82, 2.24) is 10.0 Å². The molecule has 2 rings (SSSR count). The fraction of sp³-hybridized carbons (Fsp3) is 0.389. The number of carbonyl (C=O) groups is 1. The van der Waals surface area contributed by atoms with Gasteiger partial charge in [0.1, 0.15) is 0 Å². The highest BCUT2D eigenvalue weighted by Crippen LogP contribution is 2.29. The predicted octanol–water partition coefficient (Wildman–Crippen LogP) is 3.14. The third kappa shape index (κ3) is 4.90. The second-order valence-electron chi connectivity index (χ2n) is 6.70. The molecular formula is C18H24N2O3S2. The number of amides is 1. The molecule has 0 spiro atoms. The number of sulfonamides is 1. The summed E-state index contributed by atoms with van der Waals surface area (Å²) in [5.41, 5.74) is 1.00. The molecule has 0 aliphatic heterocycles. The molecule has 0 saturated carbocycles. The van der Waals surface area contributed by atoms with Crippen molar-refractivity contribution in [3.05, 3.63) is 52.2 Å². The first-order valence-electron chi connectivity index (χ1n) is 8.04. The van der Waals surface area contributed by atoms with Crippen LogP contribution in [0.1, 0.15) is 42.4 Å². The van der Waals surface area contributed by atoms with Gasteiger partial charge in [0.25, 0.3) is 5.91 Å². The molecule has 136 valence electrons. The van der Waals surface area contributed by atoms with Gasteiger partial charge in [-0.3, -0.25) is 4.79 Å². The van der Waals surface area contributed by atoms with Gasteiger partial charge in [-0.2, -0.15) is 0 Å². The van der Waals surface area contributed by atoms with E-state index in [9.17, 15) is 13.2 Å². The topological polar surface area (TPSA) is 75.3 Å². The minimum atomic E-state index is -3.65. The second-order valence-corrected chi connectivity index (χ2v) is 9.33. The van der Waals surface area contributed by atoms with Gasteiger partial charge in [0.2, 0.25) is 10.0 Å². The van der Waals surface area contributed by atoms with E-state index in [-0.39, 0.29) is 22.3 Å². The van der Waals surface area contributed by atoms with Gasteiger partial charge in [-0.1, -0.05) is 44.2 Å². The molecule has 7 heteroatoms. The summed E-state index contributed by atoms with van der Waals surface area (Å²) in [7, 11) is -2.14. The van der Waals surface area contributed by atoms with Gasteiger partial charge in [-0.25, -0.2) is 13.1 Å².